The highest BCUT2D eigenvalue weighted by Gasteiger charge is 2.36. The van der Waals surface area contributed by atoms with E-state index in [4.69, 9.17) is 0 Å². The number of aryl methyl sites for hydroxylation is 1. The second kappa shape index (κ2) is 8.22. The van der Waals surface area contributed by atoms with Crippen molar-refractivity contribution in [3.63, 3.8) is 0 Å². The molecular formula is C19H16F3N5O4S. The number of alkyl halides is 3. The molecule has 1 amide bonds. The summed E-state index contributed by atoms with van der Waals surface area (Å²) in [5.74, 6) is -2.49. The van der Waals surface area contributed by atoms with Gasteiger partial charge in [0.2, 0.25) is 17.6 Å². The van der Waals surface area contributed by atoms with Gasteiger partial charge in [0.1, 0.15) is 11.4 Å². The molecule has 0 aromatic carbocycles. The van der Waals surface area contributed by atoms with Crippen LogP contribution in [0.25, 0.3) is 16.2 Å². The van der Waals surface area contributed by atoms with E-state index in [-0.39, 0.29) is 24.1 Å². The van der Waals surface area contributed by atoms with Crippen LogP contribution in [0.2, 0.25) is 0 Å². The van der Waals surface area contributed by atoms with Crippen molar-refractivity contribution in [1.82, 2.24) is 19.9 Å². The van der Waals surface area contributed by atoms with Gasteiger partial charge in [0, 0.05) is 30.9 Å². The van der Waals surface area contributed by atoms with Crippen molar-refractivity contribution in [2.24, 2.45) is 5.92 Å². The van der Waals surface area contributed by atoms with Gasteiger partial charge in [-0.2, -0.15) is 0 Å². The zero-order chi connectivity index (χ0) is 23.2. The topological polar surface area (TPSA) is 117 Å². The van der Waals surface area contributed by atoms with E-state index < -0.39 is 41.5 Å². The number of aromatic carboxylic acids is 1. The van der Waals surface area contributed by atoms with E-state index in [0.29, 0.717) is 16.5 Å². The lowest BCUT2D eigenvalue weighted by molar-refractivity contribution is -0.129. The normalized spacial score (nSPS) is 15.1. The Hall–Kier alpha value is -3.48. The molecule has 9 nitrogen and oxygen atoms in total. The van der Waals surface area contributed by atoms with Crippen LogP contribution in [0.1, 0.15) is 15.9 Å². The molecule has 1 unspecified atom stereocenters. The van der Waals surface area contributed by atoms with Gasteiger partial charge < -0.3 is 15.3 Å². The Morgan fingerprint density at radius 3 is 2.62 bits per heavy atom. The zero-order valence-corrected chi connectivity index (χ0v) is 17.3. The molecule has 0 aliphatic carbocycles. The number of aromatic nitrogens is 3. The van der Waals surface area contributed by atoms with Crippen LogP contribution < -0.4 is 15.6 Å². The number of carbonyl (C=O) groups excluding carboxylic acids is 1. The molecule has 4 heterocycles. The van der Waals surface area contributed by atoms with Crippen molar-refractivity contribution in [2.45, 2.75) is 19.6 Å². The maximum absolute atomic E-state index is 13.1. The number of anilines is 1. The molecule has 1 saturated heterocycles. The van der Waals surface area contributed by atoms with Gasteiger partial charge in [-0.3, -0.25) is 14.2 Å². The summed E-state index contributed by atoms with van der Waals surface area (Å²) >= 11 is 1.22. The number of carboxylic acid groups (broad SMARTS) is 1. The third-order valence-corrected chi connectivity index (χ3v) is 5.85. The molecule has 0 bridgehead atoms. The lowest BCUT2D eigenvalue weighted by Crippen LogP contribution is -2.55. The minimum atomic E-state index is -3.31. The van der Waals surface area contributed by atoms with Gasteiger partial charge >= 0.3 is 5.97 Å². The lowest BCUT2D eigenvalue weighted by Gasteiger charge is -2.39. The molecule has 0 saturated carbocycles. The van der Waals surface area contributed by atoms with Crippen LogP contribution in [0.15, 0.2) is 28.6 Å². The van der Waals surface area contributed by atoms with Crippen molar-refractivity contribution >= 4 is 40.1 Å². The van der Waals surface area contributed by atoms with Crippen LogP contribution in [0.5, 0.6) is 0 Å². The predicted octanol–water partition coefficient (Wildman–Crippen LogP) is 1.96. The van der Waals surface area contributed by atoms with E-state index in [1.807, 2.05) is 0 Å². The average Bonchev–Trinajstić information content (AvgIpc) is 3.20. The molecular weight excluding hydrogens is 451 g/mol. The molecule has 2 N–H and O–H groups in total. The van der Waals surface area contributed by atoms with Gasteiger partial charge in [0.25, 0.3) is 6.43 Å². The zero-order valence-electron chi connectivity index (χ0n) is 16.5. The third kappa shape index (κ3) is 3.79. The van der Waals surface area contributed by atoms with Crippen molar-refractivity contribution in [3.8, 4) is 5.13 Å². The predicted molar refractivity (Wildman–Crippen MR) is 109 cm³/mol. The van der Waals surface area contributed by atoms with E-state index in [2.05, 4.69) is 9.97 Å². The fraction of sp³-hybridized carbons (Fsp3) is 0.316. The molecule has 1 fully saturated rings. The first kappa shape index (κ1) is 21.7. The Kier molecular flexibility index (Phi) is 5.59. The van der Waals surface area contributed by atoms with Crippen LogP contribution in [0.4, 0.5) is 19.0 Å². The fourth-order valence-electron chi connectivity index (χ4n) is 3.42. The van der Waals surface area contributed by atoms with Gasteiger partial charge in [0.05, 0.1) is 11.3 Å². The number of nitrogens with zero attached hydrogens (tertiary/aromatic N) is 4. The van der Waals surface area contributed by atoms with Crippen LogP contribution >= 0.6 is 11.3 Å². The fourth-order valence-corrected chi connectivity index (χ4v) is 4.04. The number of halogens is 3. The highest BCUT2D eigenvalue weighted by Crippen LogP contribution is 2.28. The summed E-state index contributed by atoms with van der Waals surface area (Å²) < 4.78 is 39.1. The first-order valence-corrected chi connectivity index (χ1v) is 10.2. The Morgan fingerprint density at radius 2 is 2.03 bits per heavy atom. The Balaban J connectivity index is 1.70. The second-order valence-corrected chi connectivity index (χ2v) is 8.08. The van der Waals surface area contributed by atoms with Crippen LogP contribution in [0.3, 0.4) is 0 Å². The van der Waals surface area contributed by atoms with E-state index in [0.717, 1.165) is 0 Å². The van der Waals surface area contributed by atoms with Crippen LogP contribution in [-0.4, -0.2) is 57.3 Å². The summed E-state index contributed by atoms with van der Waals surface area (Å²) in [5.41, 5.74) is -0.443. The summed E-state index contributed by atoms with van der Waals surface area (Å²) in [4.78, 5) is 46.6. The highest BCUT2D eigenvalue weighted by atomic mass is 32.1. The molecule has 32 heavy (non-hydrogen) atoms. The summed E-state index contributed by atoms with van der Waals surface area (Å²) in [7, 11) is 0. The monoisotopic (exact) mass is 467 g/mol. The molecule has 13 heteroatoms. The number of nitrogens with one attached hydrogen (secondary N) is 1. The van der Waals surface area contributed by atoms with Crippen LogP contribution in [0, 0.1) is 12.8 Å². The molecule has 1 aliphatic rings. The maximum atomic E-state index is 13.1. The first-order valence-electron chi connectivity index (χ1n) is 9.35. The Labute approximate surface area is 182 Å². The number of carbonyl (C=O) groups is 2. The molecule has 168 valence electrons. The number of pyridine rings is 2. The second-order valence-electron chi connectivity index (χ2n) is 7.20. The number of hydrogen-bond acceptors (Lipinski definition) is 7. The van der Waals surface area contributed by atoms with Crippen molar-refractivity contribution in [2.75, 3.05) is 18.0 Å². The first-order chi connectivity index (χ1) is 15.2. The molecule has 1 aliphatic heterocycles. The lowest BCUT2D eigenvalue weighted by atomic mass is 9.98. The van der Waals surface area contributed by atoms with Gasteiger partial charge in [-0.25, -0.2) is 27.9 Å². The summed E-state index contributed by atoms with van der Waals surface area (Å²) in [5, 5.41) is 13.3. The quantitative estimate of drug-likeness (QED) is 0.532. The molecule has 3 aromatic heterocycles. The summed E-state index contributed by atoms with van der Waals surface area (Å²) in [6, 6.07) is 1.58. The standard InChI is InChI=1S/C19H16F3N5O4S/c1-8-4-11(26-5-9(6-26)17(29)25-15(22)14(20)21)24-16-12(8)13(28)10(18(30)31)7-27(16)19-23-2-3-32-19/h2-4,7,9,14-15H,5-6H2,1H3,(H,25,29)(H,30,31). The number of amides is 1. The smallest absolute Gasteiger partial charge is 0.341 e. The van der Waals surface area contributed by atoms with Crippen molar-refractivity contribution in [3.05, 3.63) is 45.2 Å². The van der Waals surface area contributed by atoms with Crippen molar-refractivity contribution < 1.29 is 27.9 Å². The average molecular weight is 467 g/mol. The van der Waals surface area contributed by atoms with Gasteiger partial charge in [-0.05, 0) is 18.6 Å². The highest BCUT2D eigenvalue weighted by molar-refractivity contribution is 7.12. The van der Waals surface area contributed by atoms with E-state index in [1.54, 1.807) is 28.6 Å². The molecule has 0 spiro atoms. The number of hydrogen-bond donors (Lipinski definition) is 2. The minimum Gasteiger partial charge on any atom is -0.477 e. The molecule has 3 aromatic rings. The summed E-state index contributed by atoms with van der Waals surface area (Å²) in [6.45, 7) is 1.87. The number of carboxylic acids is 1. The molecule has 1 atom stereocenters. The number of fused-ring (bicyclic) bond motifs is 1. The largest absolute Gasteiger partial charge is 0.477 e. The van der Waals surface area contributed by atoms with Gasteiger partial charge in [0.15, 0.2) is 10.8 Å². The van der Waals surface area contributed by atoms with Crippen LogP contribution in [-0.2, 0) is 4.79 Å². The number of thiazole rings is 1. The van der Waals surface area contributed by atoms with Gasteiger partial charge in [-0.1, -0.05) is 0 Å². The van der Waals surface area contributed by atoms with E-state index in [9.17, 15) is 32.7 Å². The summed E-state index contributed by atoms with van der Waals surface area (Å²) in [6.07, 6.45) is -3.34. The maximum Gasteiger partial charge on any atom is 0.341 e. The molecule has 4 rings (SSSR count). The number of rotatable bonds is 6. The Morgan fingerprint density at radius 1 is 1.31 bits per heavy atom. The SMILES string of the molecule is Cc1cc(N2CC(C(=O)NC(F)C(F)F)C2)nc2c1c(=O)c(C(=O)O)cn2-c1nccs1. The van der Waals surface area contributed by atoms with Crippen molar-refractivity contribution in [1.29, 1.82) is 0 Å². The van der Waals surface area contributed by atoms with E-state index >= 15 is 0 Å². The third-order valence-electron chi connectivity index (χ3n) is 5.08. The van der Waals surface area contributed by atoms with E-state index in [1.165, 1.54) is 28.3 Å². The van der Waals surface area contributed by atoms with Gasteiger partial charge in [-0.15, -0.1) is 11.3 Å². The molecule has 0 radical (unpaired) electrons. The minimum absolute atomic E-state index is 0.119. The Bertz CT molecular complexity index is 1260.